The van der Waals surface area contributed by atoms with E-state index in [1.807, 2.05) is 0 Å². The van der Waals surface area contributed by atoms with Crippen molar-refractivity contribution in [2.45, 2.75) is 96.5 Å². The Balaban J connectivity index is 1.28. The Morgan fingerprint density at radius 3 is 2.45 bits per heavy atom. The van der Waals surface area contributed by atoms with Gasteiger partial charge in [-0.1, -0.05) is 13.3 Å². The Morgan fingerprint density at radius 1 is 0.897 bits per heavy atom. The van der Waals surface area contributed by atoms with Crippen LogP contribution in [0.4, 0.5) is 0 Å². The fourth-order valence-corrected chi connectivity index (χ4v) is 9.06. The highest BCUT2D eigenvalue weighted by Gasteiger charge is 2.58. The van der Waals surface area contributed by atoms with E-state index in [9.17, 15) is 9.90 Å². The molecule has 164 valence electrons. The number of hydrogen-bond acceptors (Lipinski definition) is 3. The maximum Gasteiger partial charge on any atom is 0.150 e. The minimum Gasteiger partial charge on any atom is -0.390 e. The number of carbonyl (C=O) groups is 1. The lowest BCUT2D eigenvalue weighted by atomic mass is 9.49. The molecule has 1 saturated heterocycles. The Bertz CT molecular complexity index is 624. The zero-order chi connectivity index (χ0) is 20.2. The van der Waals surface area contributed by atoms with E-state index in [0.717, 1.165) is 68.5 Å². The maximum atomic E-state index is 13.4. The minimum absolute atomic E-state index is 0.265. The third-order valence-electron chi connectivity index (χ3n) is 10.5. The Morgan fingerprint density at radius 2 is 1.66 bits per heavy atom. The third kappa shape index (κ3) is 3.63. The molecule has 5 fully saturated rings. The molecule has 8 atom stereocenters. The molecule has 1 aliphatic heterocycles. The van der Waals surface area contributed by atoms with Gasteiger partial charge in [0.05, 0.1) is 12.1 Å². The highest BCUT2D eigenvalue weighted by atomic mass is 16.3. The molecule has 3 nitrogen and oxygen atoms in total. The Kier molecular flexibility index (Phi) is 5.39. The van der Waals surface area contributed by atoms with Crippen molar-refractivity contribution in [3.8, 4) is 0 Å². The van der Waals surface area contributed by atoms with Gasteiger partial charge >= 0.3 is 0 Å². The number of carbonyl (C=O) groups excluding carboxylic acids is 1. The predicted octanol–water partition coefficient (Wildman–Crippen LogP) is 5.06. The summed E-state index contributed by atoms with van der Waals surface area (Å²) in [6.45, 7) is 7.55. The summed E-state index contributed by atoms with van der Waals surface area (Å²) in [7, 11) is 0. The fourth-order valence-electron chi connectivity index (χ4n) is 9.06. The summed E-state index contributed by atoms with van der Waals surface area (Å²) in [5, 5.41) is 10.6. The van der Waals surface area contributed by atoms with Gasteiger partial charge in [0.1, 0.15) is 5.78 Å². The number of hydrogen-bond donors (Lipinski definition) is 1. The van der Waals surface area contributed by atoms with E-state index in [4.69, 9.17) is 0 Å². The average molecular weight is 402 g/mol. The summed E-state index contributed by atoms with van der Waals surface area (Å²) < 4.78 is 0. The first-order chi connectivity index (χ1) is 13.9. The summed E-state index contributed by atoms with van der Waals surface area (Å²) >= 11 is 0. The third-order valence-corrected chi connectivity index (χ3v) is 10.5. The molecule has 29 heavy (non-hydrogen) atoms. The van der Waals surface area contributed by atoms with Crippen LogP contribution in [0.3, 0.4) is 0 Å². The number of likely N-dealkylation sites (tertiary alicyclic amines) is 1. The molecular weight excluding hydrogens is 358 g/mol. The van der Waals surface area contributed by atoms with Crippen molar-refractivity contribution in [2.24, 2.45) is 40.9 Å². The molecule has 5 aliphatic rings. The Hall–Kier alpha value is -0.410. The lowest BCUT2D eigenvalue weighted by Gasteiger charge is -2.57. The first kappa shape index (κ1) is 20.5. The van der Waals surface area contributed by atoms with E-state index in [1.54, 1.807) is 0 Å². The average Bonchev–Trinajstić information content (AvgIpc) is 3.05. The highest BCUT2D eigenvalue weighted by molar-refractivity contribution is 5.84. The number of Topliss-reactive ketones (excluding diaryl/α,β-unsaturated/α-hetero) is 1. The highest BCUT2D eigenvalue weighted by Crippen LogP contribution is 2.64. The zero-order valence-electron chi connectivity index (χ0n) is 18.9. The van der Waals surface area contributed by atoms with Gasteiger partial charge in [0.2, 0.25) is 0 Å². The summed E-state index contributed by atoms with van der Waals surface area (Å²) in [6.07, 6.45) is 14.9. The molecule has 0 radical (unpaired) electrons. The van der Waals surface area contributed by atoms with Gasteiger partial charge in [-0.25, -0.2) is 0 Å². The topological polar surface area (TPSA) is 40.5 Å². The maximum absolute atomic E-state index is 13.4. The molecule has 0 amide bonds. The molecule has 0 bridgehead atoms. The van der Waals surface area contributed by atoms with Gasteiger partial charge in [-0.2, -0.15) is 0 Å². The molecule has 4 saturated carbocycles. The van der Waals surface area contributed by atoms with E-state index in [0.29, 0.717) is 11.7 Å². The monoisotopic (exact) mass is 401 g/mol. The molecule has 0 unspecified atom stereocenters. The molecule has 5 rings (SSSR count). The molecule has 3 heteroatoms. The molecule has 1 heterocycles. The van der Waals surface area contributed by atoms with Crippen molar-refractivity contribution in [1.29, 1.82) is 0 Å². The number of ketones is 1. The molecule has 4 aliphatic carbocycles. The Labute approximate surface area is 178 Å². The second-order valence-electron chi connectivity index (χ2n) is 12.2. The standard InChI is InChI=1S/C26H43NO2/c1-25(29)12-10-19-18(16-25)6-7-21-20(19)11-13-26(2)22(21)8-9-23(26)24(28)17-27-14-4-3-5-15-27/h18-23,29H,3-17H2,1-2H3/t18-,19+,20-,21-,22+,23-,25-,26+/m1/s1. The molecular formula is C26H43NO2. The second-order valence-corrected chi connectivity index (χ2v) is 12.2. The van der Waals surface area contributed by atoms with Gasteiger partial charge in [-0.05, 0) is 126 Å². The van der Waals surface area contributed by atoms with E-state index in [2.05, 4.69) is 18.7 Å². The molecule has 1 N–H and O–H groups in total. The number of rotatable bonds is 3. The van der Waals surface area contributed by atoms with Crippen LogP contribution in [0.5, 0.6) is 0 Å². The fraction of sp³-hybridized carbons (Fsp3) is 0.962. The molecule has 0 spiro atoms. The molecule has 0 aromatic carbocycles. The SMILES string of the molecule is C[C@@]1(O)CC[C@H]2[C@H](CC[C@@H]3[C@@H]2CC[C@]2(C)[C@@H](C(=O)CN4CCCCC4)CC[C@@H]32)C1. The summed E-state index contributed by atoms with van der Waals surface area (Å²) in [6, 6.07) is 0. The summed E-state index contributed by atoms with van der Waals surface area (Å²) in [4.78, 5) is 15.8. The van der Waals surface area contributed by atoms with E-state index >= 15 is 0 Å². The van der Waals surface area contributed by atoms with Gasteiger partial charge in [0, 0.05) is 5.92 Å². The van der Waals surface area contributed by atoms with Crippen molar-refractivity contribution in [3.05, 3.63) is 0 Å². The van der Waals surface area contributed by atoms with Crippen molar-refractivity contribution < 1.29 is 9.90 Å². The van der Waals surface area contributed by atoms with Crippen LogP contribution >= 0.6 is 0 Å². The predicted molar refractivity (Wildman–Crippen MR) is 117 cm³/mol. The van der Waals surface area contributed by atoms with Gasteiger partial charge < -0.3 is 5.11 Å². The van der Waals surface area contributed by atoms with Gasteiger partial charge in [-0.15, -0.1) is 0 Å². The quantitative estimate of drug-likeness (QED) is 0.718. The van der Waals surface area contributed by atoms with Crippen molar-refractivity contribution in [3.63, 3.8) is 0 Å². The number of aliphatic hydroxyl groups is 1. The normalized spacial score (nSPS) is 50.4. The number of piperidine rings is 1. The van der Waals surface area contributed by atoms with Crippen LogP contribution in [0.2, 0.25) is 0 Å². The first-order valence-electron chi connectivity index (χ1n) is 12.8. The summed E-state index contributed by atoms with van der Waals surface area (Å²) in [5.74, 6) is 4.99. The van der Waals surface area contributed by atoms with Crippen molar-refractivity contribution in [1.82, 2.24) is 4.90 Å². The van der Waals surface area contributed by atoms with Gasteiger partial charge in [-0.3, -0.25) is 9.69 Å². The van der Waals surface area contributed by atoms with Crippen LogP contribution in [0.25, 0.3) is 0 Å². The van der Waals surface area contributed by atoms with Crippen LogP contribution in [0, 0.1) is 40.9 Å². The minimum atomic E-state index is -0.420. The van der Waals surface area contributed by atoms with E-state index in [1.165, 1.54) is 57.8 Å². The van der Waals surface area contributed by atoms with Crippen LogP contribution in [-0.4, -0.2) is 41.0 Å². The molecule has 0 aromatic rings. The zero-order valence-corrected chi connectivity index (χ0v) is 18.9. The smallest absolute Gasteiger partial charge is 0.150 e. The number of fused-ring (bicyclic) bond motifs is 5. The van der Waals surface area contributed by atoms with E-state index in [-0.39, 0.29) is 5.41 Å². The second kappa shape index (κ2) is 7.62. The van der Waals surface area contributed by atoms with E-state index < -0.39 is 5.60 Å². The first-order valence-corrected chi connectivity index (χ1v) is 12.8. The summed E-state index contributed by atoms with van der Waals surface area (Å²) in [5.41, 5.74) is -0.155. The van der Waals surface area contributed by atoms with Crippen LogP contribution in [0.1, 0.15) is 90.9 Å². The van der Waals surface area contributed by atoms with Crippen LogP contribution < -0.4 is 0 Å². The van der Waals surface area contributed by atoms with Crippen LogP contribution in [0.15, 0.2) is 0 Å². The number of nitrogens with zero attached hydrogens (tertiary/aromatic N) is 1. The molecule has 0 aromatic heterocycles. The van der Waals surface area contributed by atoms with Gasteiger partial charge in [0.15, 0.2) is 0 Å². The largest absolute Gasteiger partial charge is 0.390 e. The lowest BCUT2D eigenvalue weighted by Crippen LogP contribution is -2.51. The van der Waals surface area contributed by atoms with Crippen molar-refractivity contribution in [2.75, 3.05) is 19.6 Å². The van der Waals surface area contributed by atoms with Gasteiger partial charge in [0.25, 0.3) is 0 Å². The lowest BCUT2D eigenvalue weighted by molar-refractivity contribution is -0.133. The van der Waals surface area contributed by atoms with Crippen molar-refractivity contribution >= 4 is 5.78 Å². The van der Waals surface area contributed by atoms with Crippen LogP contribution in [-0.2, 0) is 4.79 Å².